The Balaban J connectivity index is 1.84. The molecule has 1 N–H and O–H groups in total. The lowest BCUT2D eigenvalue weighted by atomic mass is 10.3. The second-order valence-corrected chi connectivity index (χ2v) is 5.38. The molecule has 1 aromatic heterocycles. The van der Waals surface area contributed by atoms with Gasteiger partial charge in [0.15, 0.2) is 5.13 Å². The van der Waals surface area contributed by atoms with Crippen LogP contribution in [0.15, 0.2) is 11.6 Å². The van der Waals surface area contributed by atoms with Crippen LogP contribution in [0.5, 0.6) is 0 Å². The van der Waals surface area contributed by atoms with E-state index in [4.69, 9.17) is 0 Å². The first kappa shape index (κ1) is 9.34. The Labute approximate surface area is 87.1 Å². The van der Waals surface area contributed by atoms with E-state index in [1.165, 1.54) is 19.3 Å². The Morgan fingerprint density at radius 2 is 2.54 bits per heavy atom. The van der Waals surface area contributed by atoms with Crippen molar-refractivity contribution in [2.24, 2.45) is 0 Å². The van der Waals surface area contributed by atoms with E-state index in [0.717, 1.165) is 10.4 Å². The van der Waals surface area contributed by atoms with Crippen molar-refractivity contribution in [3.63, 3.8) is 0 Å². The SMILES string of the molecule is CSC1CCC(Nc2nccs2)C1. The maximum absolute atomic E-state index is 4.23. The molecule has 0 aromatic carbocycles. The lowest BCUT2D eigenvalue weighted by Gasteiger charge is -2.10. The second-order valence-electron chi connectivity index (χ2n) is 3.35. The van der Waals surface area contributed by atoms with Gasteiger partial charge in [-0.15, -0.1) is 11.3 Å². The third-order valence-electron chi connectivity index (χ3n) is 2.48. The highest BCUT2D eigenvalue weighted by Gasteiger charge is 2.23. The molecule has 1 aromatic rings. The van der Waals surface area contributed by atoms with Gasteiger partial charge in [-0.05, 0) is 25.5 Å². The molecule has 1 fully saturated rings. The Hall–Kier alpha value is -0.220. The van der Waals surface area contributed by atoms with Crippen LogP contribution in [0.4, 0.5) is 5.13 Å². The fraction of sp³-hybridized carbons (Fsp3) is 0.667. The van der Waals surface area contributed by atoms with Crippen LogP contribution >= 0.6 is 23.1 Å². The minimum atomic E-state index is 0.656. The topological polar surface area (TPSA) is 24.9 Å². The van der Waals surface area contributed by atoms with E-state index in [0.29, 0.717) is 6.04 Å². The number of hydrogen-bond acceptors (Lipinski definition) is 4. The van der Waals surface area contributed by atoms with Gasteiger partial charge in [0, 0.05) is 22.9 Å². The first-order valence-electron chi connectivity index (χ1n) is 4.57. The predicted molar refractivity (Wildman–Crippen MR) is 60.7 cm³/mol. The van der Waals surface area contributed by atoms with E-state index in [2.05, 4.69) is 16.6 Å². The van der Waals surface area contributed by atoms with Gasteiger partial charge in [0.1, 0.15) is 0 Å². The number of rotatable bonds is 3. The molecule has 0 aliphatic heterocycles. The highest BCUT2D eigenvalue weighted by Crippen LogP contribution is 2.30. The zero-order valence-electron chi connectivity index (χ0n) is 7.69. The maximum atomic E-state index is 4.23. The fourth-order valence-electron chi connectivity index (χ4n) is 1.75. The summed E-state index contributed by atoms with van der Waals surface area (Å²) in [5, 5.41) is 7.43. The van der Waals surface area contributed by atoms with Crippen molar-refractivity contribution in [1.82, 2.24) is 4.98 Å². The van der Waals surface area contributed by atoms with Gasteiger partial charge >= 0.3 is 0 Å². The molecule has 1 aliphatic carbocycles. The lowest BCUT2D eigenvalue weighted by Crippen LogP contribution is -2.15. The molecule has 0 bridgehead atoms. The zero-order valence-corrected chi connectivity index (χ0v) is 9.33. The molecule has 4 heteroatoms. The largest absolute Gasteiger partial charge is 0.359 e. The van der Waals surface area contributed by atoms with Crippen molar-refractivity contribution < 1.29 is 0 Å². The van der Waals surface area contributed by atoms with E-state index >= 15 is 0 Å². The van der Waals surface area contributed by atoms with Crippen LogP contribution in [0.1, 0.15) is 19.3 Å². The third kappa shape index (κ3) is 2.38. The summed E-state index contributed by atoms with van der Waals surface area (Å²) in [5.41, 5.74) is 0. The normalized spacial score (nSPS) is 27.8. The predicted octanol–water partition coefficient (Wildman–Crippen LogP) is 2.84. The van der Waals surface area contributed by atoms with E-state index in [1.807, 2.05) is 23.3 Å². The van der Waals surface area contributed by atoms with E-state index in [1.54, 1.807) is 11.3 Å². The van der Waals surface area contributed by atoms with Crippen LogP contribution in [0.25, 0.3) is 0 Å². The van der Waals surface area contributed by atoms with E-state index in [9.17, 15) is 0 Å². The van der Waals surface area contributed by atoms with Crippen molar-refractivity contribution >= 4 is 28.2 Å². The summed E-state index contributed by atoms with van der Waals surface area (Å²) >= 11 is 3.68. The summed E-state index contributed by atoms with van der Waals surface area (Å²) in [5.74, 6) is 0. The van der Waals surface area contributed by atoms with Crippen molar-refractivity contribution in [3.8, 4) is 0 Å². The second kappa shape index (κ2) is 4.33. The minimum Gasteiger partial charge on any atom is -0.359 e. The maximum Gasteiger partial charge on any atom is 0.182 e. The Morgan fingerprint density at radius 1 is 1.62 bits per heavy atom. The van der Waals surface area contributed by atoms with Gasteiger partial charge in [-0.25, -0.2) is 4.98 Å². The molecule has 1 heterocycles. The molecule has 2 atom stereocenters. The summed E-state index contributed by atoms with van der Waals surface area (Å²) in [6, 6.07) is 0.656. The van der Waals surface area contributed by atoms with Gasteiger partial charge in [-0.1, -0.05) is 0 Å². The monoisotopic (exact) mass is 214 g/mol. The number of hydrogen-bond donors (Lipinski definition) is 1. The van der Waals surface area contributed by atoms with Crippen molar-refractivity contribution in [2.75, 3.05) is 11.6 Å². The van der Waals surface area contributed by atoms with Crippen molar-refractivity contribution in [3.05, 3.63) is 11.6 Å². The molecule has 1 aliphatic rings. The molecule has 0 saturated heterocycles. The lowest BCUT2D eigenvalue weighted by molar-refractivity contribution is 0.756. The Kier molecular flexibility index (Phi) is 3.11. The standard InChI is InChI=1S/C9H14N2S2/c1-12-8-3-2-7(6-8)11-9-10-4-5-13-9/h4-5,7-8H,2-3,6H2,1H3,(H,10,11). The molecule has 0 radical (unpaired) electrons. The van der Waals surface area contributed by atoms with Crippen LogP contribution < -0.4 is 5.32 Å². The minimum absolute atomic E-state index is 0.656. The molecule has 2 nitrogen and oxygen atoms in total. The summed E-state index contributed by atoms with van der Waals surface area (Å²) in [6.45, 7) is 0. The molecule has 0 amide bonds. The summed E-state index contributed by atoms with van der Waals surface area (Å²) in [4.78, 5) is 4.23. The summed E-state index contributed by atoms with van der Waals surface area (Å²) in [6.07, 6.45) is 8.00. The average molecular weight is 214 g/mol. The van der Waals surface area contributed by atoms with Gasteiger partial charge in [-0.2, -0.15) is 11.8 Å². The van der Waals surface area contributed by atoms with Crippen LogP contribution in [0.2, 0.25) is 0 Å². The molecular formula is C9H14N2S2. The average Bonchev–Trinajstić information content (AvgIpc) is 2.76. The smallest absolute Gasteiger partial charge is 0.182 e. The van der Waals surface area contributed by atoms with Gasteiger partial charge in [0.05, 0.1) is 0 Å². The molecule has 72 valence electrons. The number of nitrogens with one attached hydrogen (secondary N) is 1. The van der Waals surface area contributed by atoms with Crippen LogP contribution in [0.3, 0.4) is 0 Å². The summed E-state index contributed by atoms with van der Waals surface area (Å²) < 4.78 is 0. The number of thioether (sulfide) groups is 1. The molecule has 2 unspecified atom stereocenters. The highest BCUT2D eigenvalue weighted by atomic mass is 32.2. The Morgan fingerprint density at radius 3 is 3.15 bits per heavy atom. The van der Waals surface area contributed by atoms with Crippen LogP contribution in [0, 0.1) is 0 Å². The van der Waals surface area contributed by atoms with Crippen molar-refractivity contribution in [2.45, 2.75) is 30.6 Å². The van der Waals surface area contributed by atoms with Gasteiger partial charge < -0.3 is 5.32 Å². The highest BCUT2D eigenvalue weighted by molar-refractivity contribution is 7.99. The number of aromatic nitrogens is 1. The first-order chi connectivity index (χ1) is 6.38. The molecule has 1 saturated carbocycles. The summed E-state index contributed by atoms with van der Waals surface area (Å²) in [7, 11) is 0. The molecule has 0 spiro atoms. The molecular weight excluding hydrogens is 200 g/mol. The number of thiazole rings is 1. The van der Waals surface area contributed by atoms with Crippen LogP contribution in [-0.4, -0.2) is 22.5 Å². The van der Waals surface area contributed by atoms with E-state index in [-0.39, 0.29) is 0 Å². The van der Waals surface area contributed by atoms with Crippen LogP contribution in [-0.2, 0) is 0 Å². The van der Waals surface area contributed by atoms with E-state index < -0.39 is 0 Å². The van der Waals surface area contributed by atoms with Gasteiger partial charge in [-0.3, -0.25) is 0 Å². The molecule has 2 rings (SSSR count). The Bertz CT molecular complexity index is 248. The van der Waals surface area contributed by atoms with Gasteiger partial charge in [0.25, 0.3) is 0 Å². The fourth-order valence-corrected chi connectivity index (χ4v) is 3.16. The quantitative estimate of drug-likeness (QED) is 0.837. The van der Waals surface area contributed by atoms with Gasteiger partial charge in [0.2, 0.25) is 0 Å². The third-order valence-corrected chi connectivity index (χ3v) is 4.28. The molecule has 13 heavy (non-hydrogen) atoms. The zero-order chi connectivity index (χ0) is 9.10. The van der Waals surface area contributed by atoms with Crippen molar-refractivity contribution in [1.29, 1.82) is 0 Å². The number of nitrogens with zero attached hydrogens (tertiary/aromatic N) is 1. The number of anilines is 1. The first-order valence-corrected chi connectivity index (χ1v) is 6.74.